The lowest BCUT2D eigenvalue weighted by atomic mass is 10.1. The van der Waals surface area contributed by atoms with Gasteiger partial charge in [-0.1, -0.05) is 0 Å². The lowest BCUT2D eigenvalue weighted by Crippen LogP contribution is -2.52. The summed E-state index contributed by atoms with van der Waals surface area (Å²) in [6.45, 7) is 1.56. The van der Waals surface area contributed by atoms with Crippen molar-refractivity contribution in [3.8, 4) is 0 Å². The minimum Gasteiger partial charge on any atom is -0.363 e. The Morgan fingerprint density at radius 2 is 1.88 bits per heavy atom. The van der Waals surface area contributed by atoms with Gasteiger partial charge >= 0.3 is 5.69 Å². The number of aliphatic hydroxyl groups is 1. The zero-order valence-electron chi connectivity index (χ0n) is 17.0. The van der Waals surface area contributed by atoms with E-state index in [4.69, 9.17) is 4.84 Å². The van der Waals surface area contributed by atoms with Gasteiger partial charge < -0.3 is 15.3 Å². The lowest BCUT2D eigenvalue weighted by Gasteiger charge is -2.38. The largest absolute Gasteiger partial charge is 0.363 e. The van der Waals surface area contributed by atoms with Crippen molar-refractivity contribution >= 4 is 23.0 Å². The number of nitroso groups, excluding NO2 is 1. The standard InChI is InChI=1S/C19H20F2N6O5/c1-32-27(31)17-10-12(18(28)23-24-30)2-5-16(17)25-6-8-26(9-7-25)19(29)22-13-3-4-14(20)15(21)11-13/h2-5,10-11,19,22,29H,6-9H2,1H3/p+1. The number of anilines is 2. The maximum Gasteiger partial charge on any atom is 0.340 e. The van der Waals surface area contributed by atoms with Crippen LogP contribution in [0.2, 0.25) is 0 Å². The van der Waals surface area contributed by atoms with Crippen molar-refractivity contribution in [1.82, 2.24) is 10.3 Å². The molecule has 2 aromatic carbocycles. The van der Waals surface area contributed by atoms with E-state index >= 15 is 0 Å². The second-order valence-electron chi connectivity index (χ2n) is 6.85. The summed E-state index contributed by atoms with van der Waals surface area (Å²) < 4.78 is 26.4. The van der Waals surface area contributed by atoms with E-state index < -0.39 is 23.9 Å². The molecule has 13 heteroatoms. The van der Waals surface area contributed by atoms with E-state index in [0.29, 0.717) is 31.9 Å². The highest BCUT2D eigenvalue weighted by molar-refractivity contribution is 5.95. The molecule has 1 fully saturated rings. The Kier molecular flexibility index (Phi) is 7.22. The molecular weight excluding hydrogens is 430 g/mol. The van der Waals surface area contributed by atoms with Gasteiger partial charge in [-0.3, -0.25) is 9.69 Å². The number of aliphatic hydroxyl groups excluding tert-OH is 1. The summed E-state index contributed by atoms with van der Waals surface area (Å²) in [5.74, 6) is -2.78. The Bertz CT molecular complexity index is 1020. The normalized spacial score (nSPS) is 15.1. The molecule has 32 heavy (non-hydrogen) atoms. The summed E-state index contributed by atoms with van der Waals surface area (Å²) in [7, 11) is 1.18. The van der Waals surface area contributed by atoms with Crippen molar-refractivity contribution in [1.29, 1.82) is 0 Å². The molecule has 1 aliphatic heterocycles. The van der Waals surface area contributed by atoms with Crippen LogP contribution in [0.1, 0.15) is 10.4 Å². The molecule has 2 aromatic rings. The summed E-state index contributed by atoms with van der Waals surface area (Å²) in [4.78, 5) is 42.8. The molecular formula is C19H21F2N6O5+. The molecule has 0 bridgehead atoms. The smallest absolute Gasteiger partial charge is 0.340 e. The Morgan fingerprint density at radius 1 is 1.16 bits per heavy atom. The Morgan fingerprint density at radius 3 is 2.50 bits per heavy atom. The maximum atomic E-state index is 13.4. The van der Waals surface area contributed by atoms with E-state index in [1.165, 1.54) is 25.3 Å². The third kappa shape index (κ3) is 5.12. The van der Waals surface area contributed by atoms with E-state index in [1.807, 2.05) is 4.90 Å². The molecule has 0 aromatic heterocycles. The van der Waals surface area contributed by atoms with Crippen molar-refractivity contribution in [2.24, 2.45) is 5.29 Å². The number of piperazine rings is 1. The monoisotopic (exact) mass is 451 g/mol. The molecule has 0 radical (unpaired) electrons. The number of rotatable bonds is 8. The number of benzene rings is 2. The van der Waals surface area contributed by atoms with E-state index in [1.54, 1.807) is 16.4 Å². The predicted molar refractivity (Wildman–Crippen MR) is 110 cm³/mol. The highest BCUT2D eigenvalue weighted by Gasteiger charge is 2.30. The highest BCUT2D eigenvalue weighted by Crippen LogP contribution is 2.31. The van der Waals surface area contributed by atoms with Gasteiger partial charge in [-0.2, -0.15) is 0 Å². The van der Waals surface area contributed by atoms with Crippen LogP contribution in [0.4, 0.5) is 25.8 Å². The van der Waals surface area contributed by atoms with E-state index in [9.17, 15) is 28.5 Å². The Hall–Kier alpha value is -3.71. The first kappa shape index (κ1) is 23.0. The lowest BCUT2D eigenvalue weighted by molar-refractivity contribution is -0.736. The number of hydrogen-bond donors (Lipinski definition) is 3. The summed E-state index contributed by atoms with van der Waals surface area (Å²) in [6, 6.07) is 7.49. The number of carbonyl (C=O) groups excluding carboxylic acids is 1. The molecule has 1 aliphatic rings. The average molecular weight is 451 g/mol. The summed E-state index contributed by atoms with van der Waals surface area (Å²) >= 11 is 0. The van der Waals surface area contributed by atoms with Crippen LogP contribution in [-0.2, 0) is 4.84 Å². The minimum absolute atomic E-state index is 0.0473. The number of halogens is 2. The minimum atomic E-state index is -1.14. The molecule has 3 rings (SSSR count). The molecule has 0 spiro atoms. The van der Waals surface area contributed by atoms with Gasteiger partial charge in [0.15, 0.2) is 25.1 Å². The van der Waals surface area contributed by atoms with Crippen LogP contribution in [0.15, 0.2) is 41.7 Å². The van der Waals surface area contributed by atoms with Crippen molar-refractivity contribution in [2.75, 3.05) is 43.5 Å². The molecule has 1 heterocycles. The quantitative estimate of drug-likeness (QED) is 0.315. The number of carbonyl (C=O) groups is 1. The van der Waals surface area contributed by atoms with Crippen LogP contribution < -0.4 is 15.6 Å². The first-order chi connectivity index (χ1) is 15.3. The number of nitrogens with zero attached hydrogens (tertiary/aromatic N) is 4. The maximum absolute atomic E-state index is 13.4. The topological polar surface area (TPSA) is 127 Å². The number of nitrogens with one attached hydrogen (secondary N) is 2. The molecule has 1 amide bonds. The van der Waals surface area contributed by atoms with Crippen LogP contribution in [0.5, 0.6) is 0 Å². The van der Waals surface area contributed by atoms with Gasteiger partial charge in [0.1, 0.15) is 5.69 Å². The first-order valence-electron chi connectivity index (χ1n) is 9.50. The summed E-state index contributed by atoms with van der Waals surface area (Å²) in [5.41, 5.74) is 2.57. The van der Waals surface area contributed by atoms with Crippen LogP contribution >= 0.6 is 0 Å². The molecule has 0 saturated carbocycles. The molecule has 1 saturated heterocycles. The fraction of sp³-hybridized carbons (Fsp3) is 0.316. The molecule has 1 atom stereocenters. The van der Waals surface area contributed by atoms with Gasteiger partial charge in [0.2, 0.25) is 0 Å². The molecule has 170 valence electrons. The fourth-order valence-electron chi connectivity index (χ4n) is 3.32. The molecule has 1 unspecified atom stereocenters. The number of hydrogen-bond acceptors (Lipinski definition) is 9. The molecule has 3 N–H and O–H groups in total. The molecule has 11 nitrogen and oxygen atoms in total. The van der Waals surface area contributed by atoms with Gasteiger partial charge in [0.25, 0.3) is 10.8 Å². The van der Waals surface area contributed by atoms with Crippen LogP contribution in [0.3, 0.4) is 0 Å². The van der Waals surface area contributed by atoms with Crippen molar-refractivity contribution in [2.45, 2.75) is 6.35 Å². The van der Waals surface area contributed by atoms with Gasteiger partial charge in [-0.25, -0.2) is 19.0 Å². The van der Waals surface area contributed by atoms with Gasteiger partial charge in [-0.15, -0.1) is 4.91 Å². The number of amides is 1. The predicted octanol–water partition coefficient (Wildman–Crippen LogP) is 1.86. The van der Waals surface area contributed by atoms with Crippen molar-refractivity contribution < 1.29 is 28.4 Å². The SMILES string of the molecule is CO[N+](=O)c1cc(C(=O)NN=O)ccc1N1CCN(C(O)Nc2ccc(F)c(F)c2)CC1. The second-order valence-corrected chi connectivity index (χ2v) is 6.85. The zero-order valence-corrected chi connectivity index (χ0v) is 17.0. The summed E-state index contributed by atoms with van der Waals surface area (Å²) in [5, 5.41) is 15.4. The van der Waals surface area contributed by atoms with Crippen molar-refractivity contribution in [3.63, 3.8) is 0 Å². The van der Waals surface area contributed by atoms with Gasteiger partial charge in [0, 0.05) is 49.6 Å². The Labute approximate surface area is 181 Å². The second kappa shape index (κ2) is 10.1. The van der Waals surface area contributed by atoms with Crippen LogP contribution in [0.25, 0.3) is 0 Å². The van der Waals surface area contributed by atoms with E-state index in [-0.39, 0.29) is 21.9 Å². The zero-order chi connectivity index (χ0) is 23.3. The van der Waals surface area contributed by atoms with E-state index in [2.05, 4.69) is 10.6 Å². The third-order valence-electron chi connectivity index (χ3n) is 4.96. The fourth-order valence-corrected chi connectivity index (χ4v) is 3.32. The van der Waals surface area contributed by atoms with Crippen molar-refractivity contribution in [3.05, 3.63) is 63.4 Å². The highest BCUT2D eigenvalue weighted by atomic mass is 19.2. The Balaban J connectivity index is 1.69. The van der Waals surface area contributed by atoms with Gasteiger partial charge in [0.05, 0.1) is 10.2 Å². The van der Waals surface area contributed by atoms with Crippen LogP contribution in [0, 0.1) is 21.4 Å². The van der Waals surface area contributed by atoms with Gasteiger partial charge in [-0.05, 0) is 24.3 Å². The molecule has 0 aliphatic carbocycles. The first-order valence-corrected chi connectivity index (χ1v) is 9.50. The summed E-state index contributed by atoms with van der Waals surface area (Å²) in [6.07, 6.45) is -1.14. The third-order valence-corrected chi connectivity index (χ3v) is 4.96. The van der Waals surface area contributed by atoms with E-state index in [0.717, 1.165) is 12.1 Å². The van der Waals surface area contributed by atoms with Crippen LogP contribution in [-0.4, -0.2) is 60.5 Å². The average Bonchev–Trinajstić information content (AvgIpc) is 2.80.